The fraction of sp³-hybridized carbons (Fsp3) is 0.0392. The molecule has 7 aromatic heterocycles. The lowest BCUT2D eigenvalue weighted by atomic mass is 9.80. The minimum Gasteiger partial charge on any atom is -0.427 e. The first-order valence-corrected chi connectivity index (χ1v) is 23.7. The summed E-state index contributed by atoms with van der Waals surface area (Å²) in [6, 6.07) is 34.2. The maximum atomic E-state index is 14.5. The number of benzene rings is 5. The highest BCUT2D eigenvalue weighted by molar-refractivity contribution is 6.65. The number of anilines is 2. The number of nitrogens with one attached hydrogen (secondary N) is 2. The first-order valence-electron chi connectivity index (χ1n) is 22.2. The number of fused-ring (bicyclic) bond motifs is 5. The number of rotatable bonds is 13. The second kappa shape index (κ2) is 19.0. The summed E-state index contributed by atoms with van der Waals surface area (Å²) in [5.41, 5.74) is 7.14. The molecule has 0 saturated heterocycles. The Bertz CT molecular complexity index is 3930. The second-order valence-corrected chi connectivity index (χ2v) is 18.0. The number of hydrogen-bond acceptors (Lipinski definition) is 13. The fourth-order valence-corrected chi connectivity index (χ4v) is 9.42. The molecule has 356 valence electrons. The second-order valence-electron chi connectivity index (χ2n) is 16.5. The molecule has 15 nitrogen and oxygen atoms in total. The standard InChI is InChI=1S/C51H30BCl4F2N13O2/c53-37-10-3-13-40-33(37)18-31(27-6-1-8-29(57)16-27)43(67-40)21-59-48-45-50(63-23-61-48)70(25-65-45)72-52(36-20-35-39(55)12-5-15-42(35)69-47(36)56)73-71-26-66-46-49(62-24-64-51(46)71)60-22-44-32(28-7-2-9-30(58)17-28)19-34-38(54)11-4-14-41(34)68-44/h1-20,23-26H,21-22H2,(H,59,61,63)(H,60,62,64). The van der Waals surface area contributed by atoms with Gasteiger partial charge < -0.3 is 20.1 Å². The number of imidazole rings is 2. The molecule has 12 rings (SSSR count). The normalized spacial score (nSPS) is 11.5. The van der Waals surface area contributed by atoms with Crippen LogP contribution in [0.1, 0.15) is 11.4 Å². The minimum atomic E-state index is -1.38. The number of hydrogen-bond donors (Lipinski definition) is 2. The van der Waals surface area contributed by atoms with Crippen LogP contribution >= 0.6 is 46.4 Å². The molecule has 0 radical (unpaired) electrons. The maximum absolute atomic E-state index is 14.5. The van der Waals surface area contributed by atoms with Crippen molar-refractivity contribution in [2.24, 2.45) is 0 Å². The molecule has 22 heteroatoms. The van der Waals surface area contributed by atoms with E-state index in [4.69, 9.17) is 65.9 Å². The average molecular weight is 1050 g/mol. The highest BCUT2D eigenvalue weighted by atomic mass is 35.5. The summed E-state index contributed by atoms with van der Waals surface area (Å²) in [7, 11) is -1.38. The Kier molecular flexibility index (Phi) is 12.0. The molecule has 0 saturated carbocycles. The van der Waals surface area contributed by atoms with Gasteiger partial charge in [0.2, 0.25) is 0 Å². The van der Waals surface area contributed by atoms with E-state index in [2.05, 4.69) is 45.5 Å². The van der Waals surface area contributed by atoms with Crippen molar-refractivity contribution in [3.63, 3.8) is 0 Å². The lowest BCUT2D eigenvalue weighted by Gasteiger charge is -2.18. The number of halogens is 6. The molecule has 0 spiro atoms. The lowest BCUT2D eigenvalue weighted by molar-refractivity contribution is 0.182. The maximum Gasteiger partial charge on any atom is 0.676 e. The highest BCUT2D eigenvalue weighted by Crippen LogP contribution is 2.34. The van der Waals surface area contributed by atoms with Gasteiger partial charge >= 0.3 is 7.12 Å². The van der Waals surface area contributed by atoms with E-state index in [-0.39, 0.29) is 35.0 Å². The van der Waals surface area contributed by atoms with E-state index in [1.54, 1.807) is 48.5 Å². The van der Waals surface area contributed by atoms with E-state index in [1.165, 1.54) is 59.0 Å². The van der Waals surface area contributed by atoms with Crippen molar-refractivity contribution in [3.05, 3.63) is 190 Å². The van der Waals surface area contributed by atoms with Crippen LogP contribution in [0.15, 0.2) is 147 Å². The third-order valence-electron chi connectivity index (χ3n) is 12.0. The van der Waals surface area contributed by atoms with Crippen molar-refractivity contribution in [3.8, 4) is 22.3 Å². The smallest absolute Gasteiger partial charge is 0.427 e. The predicted molar refractivity (Wildman–Crippen MR) is 280 cm³/mol. The summed E-state index contributed by atoms with van der Waals surface area (Å²) in [4.78, 5) is 41.8. The largest absolute Gasteiger partial charge is 0.676 e. The number of nitrogens with zero attached hydrogens (tertiary/aromatic N) is 11. The van der Waals surface area contributed by atoms with Crippen LogP contribution in [0.5, 0.6) is 0 Å². The first kappa shape index (κ1) is 45.8. The Balaban J connectivity index is 0.873. The Hall–Kier alpha value is -8.29. The SMILES string of the molecule is Fc1cccc(-c2cc3c(Cl)cccc3nc2CNc2ncnc3c2ncn3OB(On2cnc3c(NCc4nc5cccc(Cl)c5cc4-c4cccc(F)c4)ncnc32)c2cc3c(Cl)cccc3nc2Cl)c1. The molecule has 2 N–H and O–H groups in total. The van der Waals surface area contributed by atoms with Crippen LogP contribution in [0.3, 0.4) is 0 Å². The van der Waals surface area contributed by atoms with Crippen LogP contribution < -0.4 is 25.6 Å². The van der Waals surface area contributed by atoms with Crippen LogP contribution in [0.25, 0.3) is 77.3 Å². The molecule has 0 aliphatic rings. The average Bonchev–Trinajstić information content (AvgIpc) is 4.01. The Morgan fingerprint density at radius 1 is 0.493 bits per heavy atom. The van der Waals surface area contributed by atoms with Crippen LogP contribution in [-0.4, -0.2) is 61.4 Å². The van der Waals surface area contributed by atoms with Crippen LogP contribution in [0.2, 0.25) is 20.2 Å². The van der Waals surface area contributed by atoms with Gasteiger partial charge in [-0.1, -0.05) is 88.9 Å². The molecule has 0 aliphatic carbocycles. The molecule has 0 atom stereocenters. The fourth-order valence-electron chi connectivity index (χ4n) is 8.51. The third kappa shape index (κ3) is 8.84. The zero-order valence-electron chi connectivity index (χ0n) is 37.4. The van der Waals surface area contributed by atoms with Gasteiger partial charge in [0.05, 0.1) is 46.5 Å². The highest BCUT2D eigenvalue weighted by Gasteiger charge is 2.34. The van der Waals surface area contributed by atoms with E-state index in [1.807, 2.05) is 48.5 Å². The van der Waals surface area contributed by atoms with Gasteiger partial charge in [-0.25, -0.2) is 43.7 Å². The van der Waals surface area contributed by atoms with Gasteiger partial charge in [-0.2, -0.15) is 9.46 Å². The molecule has 0 amide bonds. The van der Waals surface area contributed by atoms with E-state index in [0.717, 1.165) is 10.8 Å². The zero-order chi connectivity index (χ0) is 49.7. The van der Waals surface area contributed by atoms with E-state index < -0.39 is 18.8 Å². The van der Waals surface area contributed by atoms with Crippen molar-refractivity contribution >= 4 is 126 Å². The third-order valence-corrected chi connectivity index (χ3v) is 13.2. The van der Waals surface area contributed by atoms with Gasteiger partial charge in [-0.15, -0.1) is 0 Å². The van der Waals surface area contributed by atoms with E-state index >= 15 is 0 Å². The summed E-state index contributed by atoms with van der Waals surface area (Å²) < 4.78 is 44.9. The van der Waals surface area contributed by atoms with E-state index in [0.29, 0.717) is 93.3 Å². The van der Waals surface area contributed by atoms with Gasteiger partial charge in [0, 0.05) is 42.4 Å². The topological polar surface area (TPSA) is 168 Å². The summed E-state index contributed by atoms with van der Waals surface area (Å²) in [6.45, 7) is 0.320. The monoisotopic (exact) mass is 1050 g/mol. The summed E-state index contributed by atoms with van der Waals surface area (Å²) in [5, 5.41) is 10.2. The minimum absolute atomic E-state index is 0.0547. The molecule has 5 aromatic carbocycles. The zero-order valence-corrected chi connectivity index (χ0v) is 40.4. The van der Waals surface area contributed by atoms with Gasteiger partial charge in [0.1, 0.15) is 42.1 Å². The molecule has 0 aliphatic heterocycles. The van der Waals surface area contributed by atoms with Crippen molar-refractivity contribution in [1.29, 1.82) is 0 Å². The quantitative estimate of drug-likeness (QED) is 0.0827. The van der Waals surface area contributed by atoms with Gasteiger partial charge in [0.15, 0.2) is 34.0 Å². The van der Waals surface area contributed by atoms with Crippen molar-refractivity contribution < 1.29 is 18.3 Å². The molecule has 12 aromatic rings. The van der Waals surface area contributed by atoms with Crippen LogP contribution in [0, 0.1) is 11.6 Å². The Morgan fingerprint density at radius 2 is 0.932 bits per heavy atom. The predicted octanol–water partition coefficient (Wildman–Crippen LogP) is 11.0. The summed E-state index contributed by atoms with van der Waals surface area (Å²) in [5.74, 6) is -0.0835. The Labute approximate surface area is 431 Å². The van der Waals surface area contributed by atoms with Crippen molar-refractivity contribution in [1.82, 2.24) is 54.3 Å². The molecule has 0 fully saturated rings. The van der Waals surface area contributed by atoms with Crippen LogP contribution in [-0.2, 0) is 13.1 Å². The van der Waals surface area contributed by atoms with Crippen molar-refractivity contribution in [2.75, 3.05) is 10.6 Å². The first-order chi connectivity index (χ1) is 35.6. The van der Waals surface area contributed by atoms with E-state index in [9.17, 15) is 8.78 Å². The molecule has 0 unspecified atom stereocenters. The molecule has 7 heterocycles. The summed E-state index contributed by atoms with van der Waals surface area (Å²) >= 11 is 26.8. The summed E-state index contributed by atoms with van der Waals surface area (Å²) in [6.07, 6.45) is 5.53. The van der Waals surface area contributed by atoms with Gasteiger partial charge in [-0.05, 0) is 90.0 Å². The van der Waals surface area contributed by atoms with Crippen LogP contribution in [0.4, 0.5) is 20.4 Å². The van der Waals surface area contributed by atoms with Crippen molar-refractivity contribution in [2.45, 2.75) is 13.1 Å². The molecule has 73 heavy (non-hydrogen) atoms. The molecular weight excluding hydrogens is 1020 g/mol. The molecule has 0 bridgehead atoms. The number of pyridine rings is 3. The molecular formula is C51H30BCl4F2N13O2. The van der Waals surface area contributed by atoms with Gasteiger partial charge in [0.25, 0.3) is 0 Å². The lowest BCUT2D eigenvalue weighted by Crippen LogP contribution is -2.50. The Morgan fingerprint density at radius 3 is 1.40 bits per heavy atom. The van der Waals surface area contributed by atoms with Gasteiger partial charge in [-0.3, -0.25) is 9.97 Å². The number of aromatic nitrogens is 11.